The van der Waals surface area contributed by atoms with Crippen LogP contribution in [0.2, 0.25) is 0 Å². The van der Waals surface area contributed by atoms with Gasteiger partial charge >= 0.3 is 0 Å². The van der Waals surface area contributed by atoms with E-state index in [0.717, 1.165) is 25.2 Å². The second-order valence-electron chi connectivity index (χ2n) is 3.97. The highest BCUT2D eigenvalue weighted by Crippen LogP contribution is 2.30. The lowest BCUT2D eigenvalue weighted by Gasteiger charge is -2.05. The highest BCUT2D eigenvalue weighted by molar-refractivity contribution is 5.22. The van der Waals surface area contributed by atoms with Crippen LogP contribution in [0.1, 0.15) is 26.2 Å². The molecule has 1 fully saturated rings. The summed E-state index contributed by atoms with van der Waals surface area (Å²) >= 11 is 0. The van der Waals surface area contributed by atoms with Crippen LogP contribution in [-0.2, 0) is 4.74 Å². The summed E-state index contributed by atoms with van der Waals surface area (Å²) in [5.74, 6) is 0.948. The van der Waals surface area contributed by atoms with Gasteiger partial charge in [0.15, 0.2) is 0 Å². The predicted molar refractivity (Wildman–Crippen MR) is 60.1 cm³/mol. The number of para-hydroxylation sites is 1. The van der Waals surface area contributed by atoms with Crippen molar-refractivity contribution in [2.24, 2.45) is 0 Å². The van der Waals surface area contributed by atoms with E-state index in [9.17, 15) is 0 Å². The Morgan fingerprint density at radius 2 is 2.00 bits per heavy atom. The van der Waals surface area contributed by atoms with Crippen LogP contribution in [0.5, 0.6) is 5.75 Å². The number of ether oxygens (including phenoxy) is 2. The van der Waals surface area contributed by atoms with Crippen LogP contribution in [0.15, 0.2) is 30.3 Å². The van der Waals surface area contributed by atoms with Crippen molar-refractivity contribution in [3.63, 3.8) is 0 Å². The van der Waals surface area contributed by atoms with Gasteiger partial charge in [0.05, 0.1) is 6.10 Å². The van der Waals surface area contributed by atoms with Crippen LogP contribution in [0.3, 0.4) is 0 Å². The van der Waals surface area contributed by atoms with Crippen molar-refractivity contribution >= 4 is 0 Å². The largest absolute Gasteiger partial charge is 0.488 e. The van der Waals surface area contributed by atoms with Gasteiger partial charge in [-0.2, -0.15) is 0 Å². The van der Waals surface area contributed by atoms with Crippen molar-refractivity contribution in [3.05, 3.63) is 30.3 Å². The molecule has 1 saturated carbocycles. The third-order valence-electron chi connectivity index (χ3n) is 2.54. The van der Waals surface area contributed by atoms with Crippen molar-refractivity contribution in [1.29, 1.82) is 0 Å². The number of hydrogen-bond acceptors (Lipinski definition) is 2. The quantitative estimate of drug-likeness (QED) is 0.666. The van der Waals surface area contributed by atoms with Gasteiger partial charge < -0.3 is 9.47 Å². The normalized spacial score (nSPS) is 23.8. The number of unbranched alkanes of at least 4 members (excludes halogenated alkanes) is 1. The molecule has 1 aliphatic rings. The molecule has 0 radical (unpaired) electrons. The Morgan fingerprint density at radius 3 is 2.73 bits per heavy atom. The zero-order chi connectivity index (χ0) is 10.5. The van der Waals surface area contributed by atoms with E-state index in [1.54, 1.807) is 0 Å². The van der Waals surface area contributed by atoms with Gasteiger partial charge in [0.2, 0.25) is 0 Å². The third kappa shape index (κ3) is 3.24. The van der Waals surface area contributed by atoms with Crippen molar-refractivity contribution < 1.29 is 9.47 Å². The summed E-state index contributed by atoms with van der Waals surface area (Å²) in [4.78, 5) is 0. The predicted octanol–water partition coefficient (Wildman–Crippen LogP) is 3.02. The van der Waals surface area contributed by atoms with Gasteiger partial charge in [-0.3, -0.25) is 0 Å². The van der Waals surface area contributed by atoms with Gasteiger partial charge in [-0.05, 0) is 18.6 Å². The summed E-state index contributed by atoms with van der Waals surface area (Å²) < 4.78 is 11.4. The van der Waals surface area contributed by atoms with Gasteiger partial charge in [0, 0.05) is 13.0 Å². The second kappa shape index (κ2) is 5.17. The molecule has 0 unspecified atom stereocenters. The molecule has 1 aromatic rings. The number of rotatable bonds is 6. The van der Waals surface area contributed by atoms with E-state index in [0.29, 0.717) is 6.10 Å². The minimum atomic E-state index is 0.282. The Labute approximate surface area is 91.2 Å². The first-order valence-corrected chi connectivity index (χ1v) is 5.73. The van der Waals surface area contributed by atoms with E-state index < -0.39 is 0 Å². The minimum absolute atomic E-state index is 0.282. The molecular weight excluding hydrogens is 188 g/mol. The lowest BCUT2D eigenvalue weighted by atomic mass is 10.3. The second-order valence-corrected chi connectivity index (χ2v) is 3.97. The van der Waals surface area contributed by atoms with Gasteiger partial charge in [0.25, 0.3) is 0 Å². The topological polar surface area (TPSA) is 18.5 Å². The fourth-order valence-corrected chi connectivity index (χ4v) is 1.50. The molecule has 0 aliphatic heterocycles. The fourth-order valence-electron chi connectivity index (χ4n) is 1.50. The molecule has 0 N–H and O–H groups in total. The smallest absolute Gasteiger partial charge is 0.127 e. The molecule has 2 atom stereocenters. The fraction of sp³-hybridized carbons (Fsp3) is 0.538. The molecule has 0 aromatic heterocycles. The average molecular weight is 206 g/mol. The first-order valence-electron chi connectivity index (χ1n) is 5.73. The highest BCUT2D eigenvalue weighted by Gasteiger charge is 2.40. The van der Waals surface area contributed by atoms with E-state index in [1.165, 1.54) is 6.42 Å². The summed E-state index contributed by atoms with van der Waals surface area (Å²) in [5, 5.41) is 0. The zero-order valence-electron chi connectivity index (χ0n) is 9.19. The maximum Gasteiger partial charge on any atom is 0.127 e. The molecule has 2 rings (SSSR count). The summed E-state index contributed by atoms with van der Waals surface area (Å²) in [5.41, 5.74) is 0. The van der Waals surface area contributed by atoms with E-state index in [4.69, 9.17) is 9.47 Å². The SMILES string of the molecule is CCCCO[C@@H]1C[C@H]1Oc1ccccc1. The molecular formula is C13H18O2. The first-order chi connectivity index (χ1) is 7.40. The van der Waals surface area contributed by atoms with Crippen LogP contribution in [-0.4, -0.2) is 18.8 Å². The van der Waals surface area contributed by atoms with Crippen LogP contribution in [0.25, 0.3) is 0 Å². The number of hydrogen-bond donors (Lipinski definition) is 0. The van der Waals surface area contributed by atoms with Gasteiger partial charge in [-0.1, -0.05) is 31.5 Å². The Bertz CT molecular complexity index is 284. The van der Waals surface area contributed by atoms with Crippen LogP contribution < -0.4 is 4.74 Å². The molecule has 0 amide bonds. The summed E-state index contributed by atoms with van der Waals surface area (Å²) in [6, 6.07) is 9.95. The summed E-state index contributed by atoms with van der Waals surface area (Å²) in [6.07, 6.45) is 3.99. The highest BCUT2D eigenvalue weighted by atomic mass is 16.6. The molecule has 15 heavy (non-hydrogen) atoms. The maximum absolute atomic E-state index is 5.74. The molecule has 2 heteroatoms. The Hall–Kier alpha value is -1.02. The van der Waals surface area contributed by atoms with E-state index in [-0.39, 0.29) is 6.10 Å². The maximum atomic E-state index is 5.74. The van der Waals surface area contributed by atoms with Crippen LogP contribution >= 0.6 is 0 Å². The van der Waals surface area contributed by atoms with Gasteiger partial charge in [-0.25, -0.2) is 0 Å². The van der Waals surface area contributed by atoms with E-state index in [1.807, 2.05) is 30.3 Å². The lowest BCUT2D eigenvalue weighted by molar-refractivity contribution is 0.0870. The molecule has 1 aromatic carbocycles. The molecule has 0 spiro atoms. The molecule has 82 valence electrons. The van der Waals surface area contributed by atoms with Crippen molar-refractivity contribution in [1.82, 2.24) is 0 Å². The van der Waals surface area contributed by atoms with Gasteiger partial charge in [0.1, 0.15) is 11.9 Å². The van der Waals surface area contributed by atoms with E-state index >= 15 is 0 Å². The zero-order valence-corrected chi connectivity index (χ0v) is 9.19. The van der Waals surface area contributed by atoms with Crippen molar-refractivity contribution in [2.45, 2.75) is 38.4 Å². The first kappa shape index (κ1) is 10.5. The van der Waals surface area contributed by atoms with Crippen molar-refractivity contribution in [2.75, 3.05) is 6.61 Å². The number of benzene rings is 1. The third-order valence-corrected chi connectivity index (χ3v) is 2.54. The molecule has 0 saturated heterocycles. The van der Waals surface area contributed by atoms with Crippen LogP contribution in [0.4, 0.5) is 0 Å². The van der Waals surface area contributed by atoms with Crippen molar-refractivity contribution in [3.8, 4) is 5.75 Å². The molecule has 1 aliphatic carbocycles. The van der Waals surface area contributed by atoms with E-state index in [2.05, 4.69) is 6.92 Å². The molecule has 2 nitrogen and oxygen atoms in total. The Morgan fingerprint density at radius 1 is 1.20 bits per heavy atom. The monoisotopic (exact) mass is 206 g/mol. The van der Waals surface area contributed by atoms with Crippen LogP contribution in [0, 0.1) is 0 Å². The molecule has 0 heterocycles. The Balaban J connectivity index is 1.67. The molecule has 0 bridgehead atoms. The average Bonchev–Trinajstić information content (AvgIpc) is 2.99. The standard InChI is InChI=1S/C13H18O2/c1-2-3-9-14-12-10-13(12)15-11-7-5-4-6-8-11/h4-8,12-13H,2-3,9-10H2,1H3/t12-,13-/m1/s1. The lowest BCUT2D eigenvalue weighted by Crippen LogP contribution is -2.07. The minimum Gasteiger partial charge on any atom is -0.488 e. The summed E-state index contributed by atoms with van der Waals surface area (Å²) in [6.45, 7) is 3.05. The summed E-state index contributed by atoms with van der Waals surface area (Å²) in [7, 11) is 0. The van der Waals surface area contributed by atoms with Gasteiger partial charge in [-0.15, -0.1) is 0 Å². The Kier molecular flexibility index (Phi) is 3.62.